The number of ether oxygens (including phenoxy) is 1. The van der Waals surface area contributed by atoms with Crippen LogP contribution in [0, 0.1) is 5.82 Å². The zero-order valence-corrected chi connectivity index (χ0v) is 17.4. The predicted octanol–water partition coefficient (Wildman–Crippen LogP) is 3.35. The van der Waals surface area contributed by atoms with Gasteiger partial charge in [-0.3, -0.25) is 9.59 Å². The van der Waals surface area contributed by atoms with Gasteiger partial charge in [0.15, 0.2) is 0 Å². The van der Waals surface area contributed by atoms with E-state index in [0.717, 1.165) is 25.9 Å². The molecular weight excluding hydrogens is 399 g/mol. The van der Waals surface area contributed by atoms with Crippen molar-refractivity contribution in [2.24, 2.45) is 0 Å². The number of likely N-dealkylation sites (tertiary alicyclic amines) is 2. The minimum Gasteiger partial charge on any atom is -0.507 e. The van der Waals surface area contributed by atoms with E-state index in [2.05, 4.69) is 4.90 Å². The molecule has 4 rings (SSSR count). The summed E-state index contributed by atoms with van der Waals surface area (Å²) in [6, 6.07) is 11.6. The first-order chi connectivity index (χ1) is 15.0. The highest BCUT2D eigenvalue weighted by molar-refractivity contribution is 6.46. The lowest BCUT2D eigenvalue weighted by Crippen LogP contribution is -2.37. The maximum atomic E-state index is 13.4. The van der Waals surface area contributed by atoms with Crippen LogP contribution in [0.5, 0.6) is 5.75 Å². The molecule has 1 unspecified atom stereocenters. The van der Waals surface area contributed by atoms with Gasteiger partial charge in [-0.05, 0) is 67.9 Å². The maximum Gasteiger partial charge on any atom is 0.295 e. The van der Waals surface area contributed by atoms with Gasteiger partial charge >= 0.3 is 0 Å². The molecule has 2 fully saturated rings. The molecule has 7 heteroatoms. The number of aliphatic hydroxyl groups excluding tert-OH is 1. The molecule has 2 heterocycles. The van der Waals surface area contributed by atoms with Gasteiger partial charge < -0.3 is 19.6 Å². The molecule has 31 heavy (non-hydrogen) atoms. The van der Waals surface area contributed by atoms with Crippen molar-refractivity contribution in [1.82, 2.24) is 9.80 Å². The van der Waals surface area contributed by atoms with Crippen molar-refractivity contribution in [3.8, 4) is 5.75 Å². The third-order valence-electron chi connectivity index (χ3n) is 5.92. The Bertz CT molecular complexity index is 1010. The SMILES string of the molecule is COc1cccc(C2/C(=C(\O)c3ccc(F)cc3)C(=O)C(=O)N2CCN2CCCC2)c1. The maximum absolute atomic E-state index is 13.4. The Balaban J connectivity index is 1.77. The molecule has 2 aliphatic rings. The molecule has 2 aromatic carbocycles. The van der Waals surface area contributed by atoms with E-state index >= 15 is 0 Å². The number of carbonyl (C=O) groups is 2. The van der Waals surface area contributed by atoms with E-state index in [1.54, 1.807) is 31.4 Å². The third-order valence-corrected chi connectivity index (χ3v) is 5.92. The van der Waals surface area contributed by atoms with Crippen LogP contribution >= 0.6 is 0 Å². The van der Waals surface area contributed by atoms with Gasteiger partial charge in [0.1, 0.15) is 17.3 Å². The molecule has 1 amide bonds. The van der Waals surface area contributed by atoms with Crippen LogP contribution in [0.15, 0.2) is 54.1 Å². The van der Waals surface area contributed by atoms with Gasteiger partial charge in [-0.15, -0.1) is 0 Å². The second-order valence-corrected chi connectivity index (χ2v) is 7.82. The largest absolute Gasteiger partial charge is 0.507 e. The number of ketones is 1. The summed E-state index contributed by atoms with van der Waals surface area (Å²) in [6.45, 7) is 2.98. The summed E-state index contributed by atoms with van der Waals surface area (Å²) in [5.74, 6) is -1.56. The summed E-state index contributed by atoms with van der Waals surface area (Å²) in [5, 5.41) is 11.0. The third kappa shape index (κ3) is 4.18. The number of rotatable bonds is 6. The number of methoxy groups -OCH3 is 1. The number of Topliss-reactive ketones (excluding diaryl/α,β-unsaturated/α-hetero) is 1. The second kappa shape index (κ2) is 8.89. The minimum absolute atomic E-state index is 0.00582. The molecule has 0 aromatic heterocycles. The van der Waals surface area contributed by atoms with E-state index in [9.17, 15) is 19.1 Å². The highest BCUT2D eigenvalue weighted by Gasteiger charge is 2.46. The van der Waals surface area contributed by atoms with Gasteiger partial charge in [-0.1, -0.05) is 12.1 Å². The fourth-order valence-electron chi connectivity index (χ4n) is 4.29. The zero-order valence-electron chi connectivity index (χ0n) is 17.4. The van der Waals surface area contributed by atoms with Crippen molar-refractivity contribution in [3.63, 3.8) is 0 Å². The molecule has 1 N–H and O–H groups in total. The molecule has 0 aliphatic carbocycles. The van der Waals surface area contributed by atoms with E-state index in [1.165, 1.54) is 29.2 Å². The van der Waals surface area contributed by atoms with E-state index in [4.69, 9.17) is 4.74 Å². The van der Waals surface area contributed by atoms with Gasteiger partial charge in [0.25, 0.3) is 11.7 Å². The van der Waals surface area contributed by atoms with Crippen LogP contribution < -0.4 is 4.74 Å². The normalized spacial score (nSPS) is 21.1. The van der Waals surface area contributed by atoms with Crippen molar-refractivity contribution in [2.45, 2.75) is 18.9 Å². The molecular formula is C24H25FN2O4. The lowest BCUT2D eigenvalue weighted by Gasteiger charge is -2.27. The second-order valence-electron chi connectivity index (χ2n) is 7.82. The van der Waals surface area contributed by atoms with E-state index < -0.39 is 23.5 Å². The molecule has 1 atom stereocenters. The van der Waals surface area contributed by atoms with Gasteiger partial charge in [0.05, 0.1) is 18.7 Å². The Hall–Kier alpha value is -3.19. The molecule has 0 bridgehead atoms. The van der Waals surface area contributed by atoms with Crippen LogP contribution in [-0.2, 0) is 9.59 Å². The Labute approximate surface area is 180 Å². The van der Waals surface area contributed by atoms with Crippen LogP contribution in [0.3, 0.4) is 0 Å². The average Bonchev–Trinajstić information content (AvgIpc) is 3.39. The number of nitrogens with zero attached hydrogens (tertiary/aromatic N) is 2. The van der Waals surface area contributed by atoms with Crippen molar-refractivity contribution in [3.05, 3.63) is 71.0 Å². The van der Waals surface area contributed by atoms with Gasteiger partial charge in [-0.25, -0.2) is 4.39 Å². The van der Waals surface area contributed by atoms with E-state index in [-0.39, 0.29) is 16.9 Å². The Morgan fingerprint density at radius 2 is 1.81 bits per heavy atom. The summed E-state index contributed by atoms with van der Waals surface area (Å²) in [4.78, 5) is 29.8. The average molecular weight is 424 g/mol. The number of carbonyl (C=O) groups excluding carboxylic acids is 2. The van der Waals surface area contributed by atoms with Gasteiger partial charge in [0, 0.05) is 18.7 Å². The summed E-state index contributed by atoms with van der Waals surface area (Å²) >= 11 is 0. The molecule has 2 aromatic rings. The zero-order chi connectivity index (χ0) is 22.0. The molecule has 0 saturated carbocycles. The fraction of sp³-hybridized carbons (Fsp3) is 0.333. The van der Waals surface area contributed by atoms with Crippen LogP contribution in [0.2, 0.25) is 0 Å². The minimum atomic E-state index is -0.747. The number of hydrogen-bond acceptors (Lipinski definition) is 5. The Kier molecular flexibility index (Phi) is 6.04. The number of benzene rings is 2. The highest BCUT2D eigenvalue weighted by atomic mass is 19.1. The number of aliphatic hydroxyl groups is 1. The van der Waals surface area contributed by atoms with Gasteiger partial charge in [-0.2, -0.15) is 0 Å². The quantitative estimate of drug-likeness (QED) is 0.438. The first-order valence-electron chi connectivity index (χ1n) is 10.4. The highest BCUT2D eigenvalue weighted by Crippen LogP contribution is 2.40. The van der Waals surface area contributed by atoms with Crippen molar-refractivity contribution in [1.29, 1.82) is 0 Å². The monoisotopic (exact) mass is 424 g/mol. The molecule has 0 radical (unpaired) electrons. The Morgan fingerprint density at radius 1 is 1.10 bits per heavy atom. The summed E-state index contributed by atoms with van der Waals surface area (Å²) in [7, 11) is 1.54. The standard InChI is InChI=1S/C24H25FN2O4/c1-31-19-6-4-5-17(15-19)21-20(22(28)16-7-9-18(25)10-8-16)23(29)24(30)27(21)14-13-26-11-2-3-12-26/h4-10,15,21,28H,2-3,11-14H2,1H3/b22-20+. The molecule has 2 saturated heterocycles. The number of halogens is 1. The van der Waals surface area contributed by atoms with Crippen LogP contribution in [0.25, 0.3) is 5.76 Å². The van der Waals surface area contributed by atoms with Crippen molar-refractivity contribution in [2.75, 3.05) is 33.3 Å². The summed E-state index contributed by atoms with van der Waals surface area (Å²) in [5.41, 5.74) is 0.960. The molecule has 162 valence electrons. The molecule has 2 aliphatic heterocycles. The Morgan fingerprint density at radius 3 is 2.48 bits per heavy atom. The van der Waals surface area contributed by atoms with Gasteiger partial charge in [0.2, 0.25) is 0 Å². The molecule has 6 nitrogen and oxygen atoms in total. The van der Waals surface area contributed by atoms with Crippen molar-refractivity contribution >= 4 is 17.4 Å². The van der Waals surface area contributed by atoms with Crippen LogP contribution in [-0.4, -0.2) is 59.9 Å². The van der Waals surface area contributed by atoms with E-state index in [0.29, 0.717) is 24.4 Å². The lowest BCUT2D eigenvalue weighted by molar-refractivity contribution is -0.140. The fourth-order valence-corrected chi connectivity index (χ4v) is 4.29. The van der Waals surface area contributed by atoms with Crippen molar-refractivity contribution < 1.29 is 23.8 Å². The topological polar surface area (TPSA) is 70.1 Å². The number of hydrogen-bond donors (Lipinski definition) is 1. The smallest absolute Gasteiger partial charge is 0.295 e. The first kappa shape index (κ1) is 21.1. The first-order valence-corrected chi connectivity index (χ1v) is 10.4. The van der Waals surface area contributed by atoms with Crippen LogP contribution in [0.4, 0.5) is 4.39 Å². The molecule has 0 spiro atoms. The lowest BCUT2D eigenvalue weighted by atomic mass is 9.95. The van der Waals surface area contributed by atoms with E-state index in [1.807, 2.05) is 0 Å². The summed E-state index contributed by atoms with van der Waals surface area (Å²) in [6.07, 6.45) is 2.26. The predicted molar refractivity (Wildman–Crippen MR) is 114 cm³/mol. The van der Waals surface area contributed by atoms with Crippen LogP contribution in [0.1, 0.15) is 30.0 Å². The number of amides is 1. The summed E-state index contributed by atoms with van der Waals surface area (Å²) < 4.78 is 18.7.